The van der Waals surface area contributed by atoms with Gasteiger partial charge in [0.15, 0.2) is 5.13 Å². The molecule has 0 spiro atoms. The smallest absolute Gasteiger partial charge is 0.240 e. The van der Waals surface area contributed by atoms with Crippen LogP contribution < -0.4 is 5.32 Å². The second kappa shape index (κ2) is 6.01. The van der Waals surface area contributed by atoms with Crippen molar-refractivity contribution in [3.8, 4) is 0 Å². The maximum atomic E-state index is 12.0. The van der Waals surface area contributed by atoms with Crippen molar-refractivity contribution in [1.29, 1.82) is 0 Å². The summed E-state index contributed by atoms with van der Waals surface area (Å²) in [7, 11) is 0. The molecule has 0 radical (unpaired) electrons. The molecule has 0 saturated carbocycles. The van der Waals surface area contributed by atoms with E-state index in [0.717, 1.165) is 16.6 Å². The van der Waals surface area contributed by atoms with Crippen LogP contribution in [0.1, 0.15) is 26.3 Å². The first-order chi connectivity index (χ1) is 9.01. The van der Waals surface area contributed by atoms with E-state index in [2.05, 4.69) is 45.3 Å². The van der Waals surface area contributed by atoms with Crippen molar-refractivity contribution >= 4 is 48.5 Å². The lowest BCUT2D eigenvalue weighted by Crippen LogP contribution is -2.26. The van der Waals surface area contributed by atoms with Gasteiger partial charge in [-0.1, -0.05) is 54.1 Å². The topological polar surface area (TPSA) is 42.0 Å². The third kappa shape index (κ3) is 3.34. The van der Waals surface area contributed by atoms with Gasteiger partial charge in [0, 0.05) is 0 Å². The van der Waals surface area contributed by atoms with Gasteiger partial charge < -0.3 is 5.32 Å². The maximum absolute atomic E-state index is 12.0. The zero-order valence-corrected chi connectivity index (χ0v) is 13.6. The van der Waals surface area contributed by atoms with Gasteiger partial charge in [-0.3, -0.25) is 4.79 Å². The number of aryl methyl sites for hydroxylation is 1. The summed E-state index contributed by atoms with van der Waals surface area (Å²) in [5, 5.41) is 3.54. The van der Waals surface area contributed by atoms with Gasteiger partial charge in [0.2, 0.25) is 5.91 Å². The molecule has 2 aromatic rings. The number of carbonyl (C=O) groups is 1. The van der Waals surface area contributed by atoms with Crippen LogP contribution in [0.4, 0.5) is 5.13 Å². The second-order valence-electron chi connectivity index (χ2n) is 4.81. The molecule has 0 aliphatic heterocycles. The number of rotatable bonds is 4. The number of nitrogens with zero attached hydrogens (tertiary/aromatic N) is 1. The van der Waals surface area contributed by atoms with Gasteiger partial charge in [0.25, 0.3) is 0 Å². The van der Waals surface area contributed by atoms with Gasteiger partial charge >= 0.3 is 0 Å². The maximum Gasteiger partial charge on any atom is 0.240 e. The van der Waals surface area contributed by atoms with Gasteiger partial charge in [-0.2, -0.15) is 0 Å². The van der Waals surface area contributed by atoms with Crippen molar-refractivity contribution in [3.05, 3.63) is 23.8 Å². The fourth-order valence-electron chi connectivity index (χ4n) is 1.72. The molecule has 2 rings (SSSR count). The Bertz CT molecular complexity index is 594. The average Bonchev–Trinajstić information content (AvgIpc) is 2.78. The molecule has 1 heterocycles. The molecule has 0 fully saturated rings. The molecule has 0 bridgehead atoms. The van der Waals surface area contributed by atoms with Crippen LogP contribution in [0.5, 0.6) is 0 Å². The van der Waals surface area contributed by atoms with E-state index >= 15 is 0 Å². The Morgan fingerprint density at radius 1 is 1.47 bits per heavy atom. The summed E-state index contributed by atoms with van der Waals surface area (Å²) in [6.45, 7) is 6.14. The van der Waals surface area contributed by atoms with Crippen LogP contribution >= 0.6 is 27.3 Å². The number of alkyl halides is 1. The van der Waals surface area contributed by atoms with E-state index in [1.165, 1.54) is 16.9 Å². The minimum Gasteiger partial charge on any atom is -0.301 e. The van der Waals surface area contributed by atoms with Gasteiger partial charge in [0.1, 0.15) is 0 Å². The molecule has 5 heteroatoms. The number of hydrogen-bond donors (Lipinski definition) is 1. The van der Waals surface area contributed by atoms with Gasteiger partial charge in [-0.15, -0.1) is 0 Å². The number of carbonyl (C=O) groups excluding carboxylic acids is 1. The van der Waals surface area contributed by atoms with Crippen molar-refractivity contribution in [1.82, 2.24) is 4.98 Å². The zero-order chi connectivity index (χ0) is 14.0. The molecule has 1 atom stereocenters. The van der Waals surface area contributed by atoms with Gasteiger partial charge in [-0.05, 0) is 30.0 Å². The Morgan fingerprint density at radius 2 is 2.21 bits per heavy atom. The van der Waals surface area contributed by atoms with Gasteiger partial charge in [-0.25, -0.2) is 4.98 Å². The van der Waals surface area contributed by atoms with Crippen LogP contribution in [-0.2, 0) is 11.2 Å². The lowest BCUT2D eigenvalue weighted by atomic mass is 10.1. The molecule has 3 nitrogen and oxygen atoms in total. The van der Waals surface area contributed by atoms with Crippen LogP contribution in [0, 0.1) is 5.92 Å². The Morgan fingerprint density at radius 3 is 2.84 bits per heavy atom. The molecular formula is C14H17BrN2OS. The number of hydrogen-bond acceptors (Lipinski definition) is 3. The molecule has 0 unspecified atom stereocenters. The summed E-state index contributed by atoms with van der Waals surface area (Å²) in [5.74, 6) is 0.214. The normalized spacial score (nSPS) is 12.9. The number of amides is 1. The summed E-state index contributed by atoms with van der Waals surface area (Å²) in [4.78, 5) is 16.2. The molecule has 1 aromatic heterocycles. The third-order valence-electron chi connectivity index (χ3n) is 2.93. The van der Waals surface area contributed by atoms with Gasteiger partial charge in [0.05, 0.1) is 15.0 Å². The summed E-state index contributed by atoms with van der Waals surface area (Å²) in [6, 6.07) is 6.22. The average molecular weight is 341 g/mol. The van der Waals surface area contributed by atoms with E-state index in [-0.39, 0.29) is 16.7 Å². The number of aromatic nitrogens is 1. The summed E-state index contributed by atoms with van der Waals surface area (Å²) >= 11 is 4.92. The molecule has 0 aliphatic rings. The van der Waals surface area contributed by atoms with E-state index in [1.54, 1.807) is 0 Å². The van der Waals surface area contributed by atoms with E-state index in [9.17, 15) is 4.79 Å². The van der Waals surface area contributed by atoms with E-state index < -0.39 is 0 Å². The molecule has 1 N–H and O–H groups in total. The van der Waals surface area contributed by atoms with Crippen LogP contribution in [0.25, 0.3) is 10.2 Å². The standard InChI is InChI=1S/C14H17BrN2OS/c1-4-9-5-6-10-11(7-9)19-14(16-10)17-13(18)12(15)8(2)3/h5-8,12H,4H2,1-3H3,(H,16,17,18)/t12-/m1/s1. The van der Waals surface area contributed by atoms with Crippen molar-refractivity contribution in [2.45, 2.75) is 32.0 Å². The van der Waals surface area contributed by atoms with Crippen molar-refractivity contribution in [3.63, 3.8) is 0 Å². The highest BCUT2D eigenvalue weighted by atomic mass is 79.9. The van der Waals surface area contributed by atoms with Crippen LogP contribution in [0.3, 0.4) is 0 Å². The monoisotopic (exact) mass is 340 g/mol. The highest BCUT2D eigenvalue weighted by Crippen LogP contribution is 2.27. The van der Waals surface area contributed by atoms with Crippen LogP contribution in [-0.4, -0.2) is 15.7 Å². The van der Waals surface area contributed by atoms with Crippen LogP contribution in [0.2, 0.25) is 0 Å². The first-order valence-corrected chi connectivity index (χ1v) is 8.09. The Kier molecular flexibility index (Phi) is 4.58. The SMILES string of the molecule is CCc1ccc2nc(NC(=O)[C@H](Br)C(C)C)sc2c1. The first-order valence-electron chi connectivity index (χ1n) is 6.35. The number of benzene rings is 1. The first kappa shape index (κ1) is 14.5. The molecule has 0 aliphatic carbocycles. The fraction of sp³-hybridized carbons (Fsp3) is 0.429. The van der Waals surface area contributed by atoms with E-state index in [1.807, 2.05) is 19.9 Å². The van der Waals surface area contributed by atoms with E-state index in [4.69, 9.17) is 0 Å². The van der Waals surface area contributed by atoms with E-state index in [0.29, 0.717) is 5.13 Å². The molecule has 102 valence electrons. The van der Waals surface area contributed by atoms with Crippen molar-refractivity contribution in [2.75, 3.05) is 5.32 Å². The Balaban J connectivity index is 2.20. The number of anilines is 1. The molecule has 19 heavy (non-hydrogen) atoms. The fourth-order valence-corrected chi connectivity index (χ4v) is 2.77. The van der Waals surface area contributed by atoms with Crippen molar-refractivity contribution in [2.24, 2.45) is 5.92 Å². The summed E-state index contributed by atoms with van der Waals surface area (Å²) < 4.78 is 1.12. The molecule has 1 aromatic carbocycles. The lowest BCUT2D eigenvalue weighted by molar-refractivity contribution is -0.116. The Labute approximate surface area is 125 Å². The number of nitrogens with one attached hydrogen (secondary N) is 1. The number of fused-ring (bicyclic) bond motifs is 1. The highest BCUT2D eigenvalue weighted by molar-refractivity contribution is 9.10. The second-order valence-corrected chi connectivity index (χ2v) is 6.83. The summed E-state index contributed by atoms with van der Waals surface area (Å²) in [5.41, 5.74) is 2.22. The predicted octanol–water partition coefficient (Wildman–Crippen LogP) is 4.22. The largest absolute Gasteiger partial charge is 0.301 e. The minimum atomic E-state index is -0.189. The molecule has 1 amide bonds. The van der Waals surface area contributed by atoms with Crippen molar-refractivity contribution < 1.29 is 4.79 Å². The zero-order valence-electron chi connectivity index (χ0n) is 11.2. The number of halogens is 1. The summed E-state index contributed by atoms with van der Waals surface area (Å²) in [6.07, 6.45) is 1.01. The number of thiazole rings is 1. The Hall–Kier alpha value is -0.940. The molecular weight excluding hydrogens is 324 g/mol. The highest BCUT2D eigenvalue weighted by Gasteiger charge is 2.19. The minimum absolute atomic E-state index is 0.0372. The third-order valence-corrected chi connectivity index (χ3v) is 5.33. The van der Waals surface area contributed by atoms with Crippen LogP contribution in [0.15, 0.2) is 18.2 Å². The lowest BCUT2D eigenvalue weighted by Gasteiger charge is -2.11. The predicted molar refractivity (Wildman–Crippen MR) is 85.2 cm³/mol. The molecule has 0 saturated heterocycles. The quantitative estimate of drug-likeness (QED) is 0.846.